The Morgan fingerprint density at radius 2 is 1.76 bits per heavy atom. The highest BCUT2D eigenvalue weighted by atomic mass is 16.6. The molecule has 2 aromatic carbocycles. The summed E-state index contributed by atoms with van der Waals surface area (Å²) in [7, 11) is 1.72. The molecule has 1 heterocycles. The molecule has 0 N–H and O–H groups in total. The van der Waals surface area contributed by atoms with Crippen LogP contribution in [0.3, 0.4) is 0 Å². The molecular weight excluding hydrogens is 260 g/mol. The lowest BCUT2D eigenvalue weighted by atomic mass is 9.96. The van der Waals surface area contributed by atoms with Crippen LogP contribution in [0.4, 0.5) is 0 Å². The van der Waals surface area contributed by atoms with E-state index < -0.39 is 0 Å². The van der Waals surface area contributed by atoms with Gasteiger partial charge in [0.05, 0.1) is 19.8 Å². The number of aryl methyl sites for hydroxylation is 3. The molecule has 0 aliphatic carbocycles. The minimum absolute atomic E-state index is 0.511. The zero-order valence-corrected chi connectivity index (χ0v) is 12.5. The third-order valence-electron chi connectivity index (χ3n) is 4.07. The lowest BCUT2D eigenvalue weighted by molar-refractivity contribution is 0.396. The Hall–Kier alpha value is -1.80. The minimum atomic E-state index is 0.511. The van der Waals surface area contributed by atoms with E-state index in [0.717, 1.165) is 38.0 Å². The number of ether oxygens (including phenoxy) is 2. The number of benzene rings is 2. The van der Waals surface area contributed by atoms with Gasteiger partial charge in [-0.1, -0.05) is 36.4 Å². The molecule has 1 aliphatic rings. The Morgan fingerprint density at radius 1 is 1.00 bits per heavy atom. The Kier molecular flexibility index (Phi) is 4.56. The Morgan fingerprint density at radius 3 is 2.48 bits per heavy atom. The molecule has 3 rings (SSSR count). The summed E-state index contributed by atoms with van der Waals surface area (Å²) in [5.41, 5.74) is 4.26. The smallest absolute Gasteiger partial charge is 0.119 e. The summed E-state index contributed by atoms with van der Waals surface area (Å²) >= 11 is 0. The van der Waals surface area contributed by atoms with Crippen molar-refractivity contribution in [2.45, 2.75) is 31.8 Å². The first kappa shape index (κ1) is 14.2. The summed E-state index contributed by atoms with van der Waals surface area (Å²) in [4.78, 5) is 0. The van der Waals surface area contributed by atoms with Crippen LogP contribution in [0.1, 0.15) is 23.1 Å². The first-order valence-corrected chi connectivity index (χ1v) is 7.66. The zero-order valence-electron chi connectivity index (χ0n) is 12.5. The Labute approximate surface area is 126 Å². The number of hydrogen-bond donors (Lipinski definition) is 0. The summed E-state index contributed by atoms with van der Waals surface area (Å²) in [6.07, 6.45) is 4.91. The van der Waals surface area contributed by atoms with E-state index in [1.807, 2.05) is 6.07 Å². The summed E-state index contributed by atoms with van der Waals surface area (Å²) < 4.78 is 10.6. The Bertz CT molecular complexity index is 588. The second kappa shape index (κ2) is 6.77. The molecule has 1 fully saturated rings. The van der Waals surface area contributed by atoms with Crippen molar-refractivity contribution < 1.29 is 9.47 Å². The van der Waals surface area contributed by atoms with E-state index in [2.05, 4.69) is 42.5 Å². The normalized spacial score (nSPS) is 16.7. The van der Waals surface area contributed by atoms with Gasteiger partial charge in [-0.15, -0.1) is 0 Å². The average Bonchev–Trinajstić information content (AvgIpc) is 3.36. The maximum absolute atomic E-state index is 5.31. The minimum Gasteiger partial charge on any atom is -0.497 e. The van der Waals surface area contributed by atoms with Crippen LogP contribution in [-0.2, 0) is 24.0 Å². The molecule has 2 nitrogen and oxygen atoms in total. The predicted octanol–water partition coefficient (Wildman–Crippen LogP) is 3.81. The number of epoxide rings is 1. The molecule has 0 bridgehead atoms. The largest absolute Gasteiger partial charge is 0.497 e. The van der Waals surface area contributed by atoms with Crippen LogP contribution in [0.5, 0.6) is 5.75 Å². The lowest BCUT2D eigenvalue weighted by Gasteiger charge is -2.09. The number of hydrogen-bond acceptors (Lipinski definition) is 2. The third-order valence-corrected chi connectivity index (χ3v) is 4.07. The van der Waals surface area contributed by atoms with Crippen molar-refractivity contribution in [3.8, 4) is 5.75 Å². The van der Waals surface area contributed by atoms with E-state index in [1.54, 1.807) is 7.11 Å². The van der Waals surface area contributed by atoms with Gasteiger partial charge in [0, 0.05) is 0 Å². The lowest BCUT2D eigenvalue weighted by Crippen LogP contribution is -1.99. The molecule has 2 aromatic rings. The van der Waals surface area contributed by atoms with Gasteiger partial charge in [0.1, 0.15) is 5.75 Å². The van der Waals surface area contributed by atoms with Gasteiger partial charge in [-0.25, -0.2) is 0 Å². The molecule has 0 saturated carbocycles. The van der Waals surface area contributed by atoms with Gasteiger partial charge in [-0.05, 0) is 54.5 Å². The van der Waals surface area contributed by atoms with Crippen molar-refractivity contribution in [2.24, 2.45) is 0 Å². The second-order valence-corrected chi connectivity index (χ2v) is 5.61. The van der Waals surface area contributed by atoms with Gasteiger partial charge in [0.2, 0.25) is 0 Å². The monoisotopic (exact) mass is 282 g/mol. The van der Waals surface area contributed by atoms with Crippen molar-refractivity contribution in [2.75, 3.05) is 13.7 Å². The third kappa shape index (κ3) is 4.08. The van der Waals surface area contributed by atoms with E-state index >= 15 is 0 Å². The van der Waals surface area contributed by atoms with E-state index in [1.165, 1.54) is 16.7 Å². The van der Waals surface area contributed by atoms with Gasteiger partial charge in [-0.2, -0.15) is 0 Å². The van der Waals surface area contributed by atoms with Crippen LogP contribution >= 0.6 is 0 Å². The molecule has 0 spiro atoms. The summed E-state index contributed by atoms with van der Waals surface area (Å²) in [5.74, 6) is 0.937. The highest BCUT2D eigenvalue weighted by molar-refractivity contribution is 5.31. The highest BCUT2D eigenvalue weighted by Gasteiger charge is 2.21. The van der Waals surface area contributed by atoms with Crippen molar-refractivity contribution in [1.29, 1.82) is 0 Å². The fourth-order valence-electron chi connectivity index (χ4n) is 2.70. The quantitative estimate of drug-likeness (QED) is 0.720. The van der Waals surface area contributed by atoms with E-state index in [0.29, 0.717) is 6.10 Å². The molecule has 1 atom stereocenters. The maximum atomic E-state index is 5.31. The molecule has 110 valence electrons. The maximum Gasteiger partial charge on any atom is 0.119 e. The summed E-state index contributed by atoms with van der Waals surface area (Å²) in [5, 5.41) is 0. The van der Waals surface area contributed by atoms with E-state index in [4.69, 9.17) is 9.47 Å². The molecule has 0 aromatic heterocycles. The van der Waals surface area contributed by atoms with Crippen molar-refractivity contribution in [3.05, 3.63) is 65.2 Å². The van der Waals surface area contributed by atoms with Crippen LogP contribution in [0.2, 0.25) is 0 Å². The molecule has 21 heavy (non-hydrogen) atoms. The fourth-order valence-corrected chi connectivity index (χ4v) is 2.70. The van der Waals surface area contributed by atoms with Gasteiger partial charge in [0.15, 0.2) is 0 Å². The summed E-state index contributed by atoms with van der Waals surface area (Å²) in [6.45, 7) is 0.950. The second-order valence-electron chi connectivity index (χ2n) is 5.61. The highest BCUT2D eigenvalue weighted by Crippen LogP contribution is 2.21. The molecule has 0 radical (unpaired) electrons. The average molecular weight is 282 g/mol. The van der Waals surface area contributed by atoms with Crippen molar-refractivity contribution in [3.63, 3.8) is 0 Å². The van der Waals surface area contributed by atoms with Gasteiger partial charge in [0.25, 0.3) is 0 Å². The van der Waals surface area contributed by atoms with Gasteiger partial charge in [-0.3, -0.25) is 0 Å². The Balaban J connectivity index is 1.63. The number of methoxy groups -OCH3 is 1. The molecule has 1 aliphatic heterocycles. The molecule has 2 heteroatoms. The van der Waals surface area contributed by atoms with Crippen LogP contribution in [-0.4, -0.2) is 19.8 Å². The first-order chi connectivity index (χ1) is 10.3. The number of rotatable bonds is 7. The molecular formula is C19H22O2. The van der Waals surface area contributed by atoms with Gasteiger partial charge >= 0.3 is 0 Å². The molecule has 1 saturated heterocycles. The first-order valence-electron chi connectivity index (χ1n) is 7.66. The SMILES string of the molecule is COc1cccc(CCc2ccccc2CC[C@H]2CO2)c1. The van der Waals surface area contributed by atoms with E-state index in [-0.39, 0.29) is 0 Å². The predicted molar refractivity (Wildman–Crippen MR) is 84.9 cm³/mol. The van der Waals surface area contributed by atoms with Gasteiger partial charge < -0.3 is 9.47 Å². The van der Waals surface area contributed by atoms with Crippen LogP contribution < -0.4 is 4.74 Å². The fraction of sp³-hybridized carbons (Fsp3) is 0.368. The van der Waals surface area contributed by atoms with Crippen molar-refractivity contribution >= 4 is 0 Å². The van der Waals surface area contributed by atoms with Crippen LogP contribution in [0.25, 0.3) is 0 Å². The van der Waals surface area contributed by atoms with E-state index in [9.17, 15) is 0 Å². The van der Waals surface area contributed by atoms with Crippen molar-refractivity contribution in [1.82, 2.24) is 0 Å². The zero-order chi connectivity index (χ0) is 14.5. The topological polar surface area (TPSA) is 21.8 Å². The standard InChI is InChI=1S/C19H22O2/c1-20-18-8-4-5-15(13-18)9-10-16-6-2-3-7-17(16)11-12-19-14-21-19/h2-8,13,19H,9-12,14H2,1H3/t19-/m0/s1. The molecule has 0 unspecified atom stereocenters. The van der Waals surface area contributed by atoms with Crippen LogP contribution in [0.15, 0.2) is 48.5 Å². The summed E-state index contributed by atoms with van der Waals surface area (Å²) in [6, 6.07) is 17.1. The molecule has 0 amide bonds. The van der Waals surface area contributed by atoms with Crippen LogP contribution in [0, 0.1) is 0 Å².